The second-order valence-electron chi connectivity index (χ2n) is 5.33. The van der Waals surface area contributed by atoms with Crippen LogP contribution in [-0.4, -0.2) is 27.1 Å². The number of sulfonamides is 1. The van der Waals surface area contributed by atoms with Crippen LogP contribution in [0.4, 0.5) is 0 Å². The maximum Gasteiger partial charge on any atom is 0.240 e. The van der Waals surface area contributed by atoms with Gasteiger partial charge >= 0.3 is 0 Å². The van der Waals surface area contributed by atoms with E-state index in [9.17, 15) is 8.42 Å². The van der Waals surface area contributed by atoms with E-state index in [1.807, 2.05) is 24.4 Å². The van der Waals surface area contributed by atoms with Gasteiger partial charge in [-0.25, -0.2) is 13.1 Å². The first-order chi connectivity index (χ1) is 11.5. The van der Waals surface area contributed by atoms with Crippen LogP contribution in [0.1, 0.15) is 5.56 Å². The molecule has 0 amide bonds. The summed E-state index contributed by atoms with van der Waals surface area (Å²) in [5.74, 6) is 0.777. The Hall–Kier alpha value is -1.83. The Balaban J connectivity index is 1.71. The molecule has 24 heavy (non-hydrogen) atoms. The number of aromatic amines is 1. The molecular weight excluding hydrogens is 392 g/mol. The molecule has 2 N–H and O–H groups in total. The maximum atomic E-state index is 12.3. The van der Waals surface area contributed by atoms with Crippen LogP contribution < -0.4 is 9.46 Å². The Morgan fingerprint density at radius 3 is 2.62 bits per heavy atom. The molecule has 7 heteroatoms. The van der Waals surface area contributed by atoms with E-state index in [1.165, 1.54) is 0 Å². The Bertz CT molecular complexity index is 950. The van der Waals surface area contributed by atoms with E-state index in [0.717, 1.165) is 26.7 Å². The highest BCUT2D eigenvalue weighted by Crippen LogP contribution is 2.24. The zero-order valence-corrected chi connectivity index (χ0v) is 15.4. The highest BCUT2D eigenvalue weighted by atomic mass is 79.9. The topological polar surface area (TPSA) is 71.2 Å². The maximum absolute atomic E-state index is 12.3. The van der Waals surface area contributed by atoms with Gasteiger partial charge in [0.2, 0.25) is 10.0 Å². The van der Waals surface area contributed by atoms with Crippen LogP contribution in [0.5, 0.6) is 5.75 Å². The average Bonchev–Trinajstić information content (AvgIpc) is 2.97. The molecule has 0 aliphatic carbocycles. The summed E-state index contributed by atoms with van der Waals surface area (Å²) >= 11 is 3.30. The molecular formula is C17H17BrN2O3S. The summed E-state index contributed by atoms with van der Waals surface area (Å²) in [5.41, 5.74) is 2.05. The molecule has 1 aromatic heterocycles. The molecule has 0 unspecified atom stereocenters. The Kier molecular flexibility index (Phi) is 4.93. The summed E-state index contributed by atoms with van der Waals surface area (Å²) in [7, 11) is -1.88. The number of halogens is 1. The van der Waals surface area contributed by atoms with Gasteiger partial charge in [-0.15, -0.1) is 0 Å². The van der Waals surface area contributed by atoms with Crippen LogP contribution >= 0.6 is 15.9 Å². The van der Waals surface area contributed by atoms with Crippen LogP contribution in [0.25, 0.3) is 10.9 Å². The lowest BCUT2D eigenvalue weighted by Gasteiger charge is -2.07. The van der Waals surface area contributed by atoms with Gasteiger partial charge in [0.25, 0.3) is 0 Å². The molecule has 0 aliphatic heterocycles. The lowest BCUT2D eigenvalue weighted by Crippen LogP contribution is -2.25. The van der Waals surface area contributed by atoms with Gasteiger partial charge in [-0.05, 0) is 54.4 Å². The second-order valence-corrected chi connectivity index (χ2v) is 8.01. The van der Waals surface area contributed by atoms with E-state index >= 15 is 0 Å². The lowest BCUT2D eigenvalue weighted by molar-refractivity contribution is 0.415. The van der Waals surface area contributed by atoms with Gasteiger partial charge in [-0.1, -0.05) is 15.9 Å². The van der Waals surface area contributed by atoms with Crippen LogP contribution in [0, 0.1) is 0 Å². The quantitative estimate of drug-likeness (QED) is 0.655. The molecule has 1 heterocycles. The van der Waals surface area contributed by atoms with Crippen molar-refractivity contribution < 1.29 is 13.2 Å². The number of rotatable bonds is 6. The van der Waals surface area contributed by atoms with Crippen LogP contribution in [-0.2, 0) is 16.4 Å². The SMILES string of the molecule is COc1ccc2[nH]cc(CCNS(=O)(=O)c3ccc(Br)cc3)c2c1. The first kappa shape index (κ1) is 17.0. The van der Waals surface area contributed by atoms with Crippen molar-refractivity contribution in [3.63, 3.8) is 0 Å². The Morgan fingerprint density at radius 2 is 1.92 bits per heavy atom. The highest BCUT2D eigenvalue weighted by molar-refractivity contribution is 9.10. The number of nitrogens with one attached hydrogen (secondary N) is 2. The number of H-pyrrole nitrogens is 1. The van der Waals surface area contributed by atoms with Crippen molar-refractivity contribution in [3.8, 4) is 5.75 Å². The fourth-order valence-corrected chi connectivity index (χ4v) is 3.80. The van der Waals surface area contributed by atoms with Gasteiger partial charge in [0.15, 0.2) is 0 Å². The summed E-state index contributed by atoms with van der Waals surface area (Å²) < 4.78 is 33.3. The minimum Gasteiger partial charge on any atom is -0.497 e. The molecule has 5 nitrogen and oxygen atoms in total. The molecule has 0 radical (unpaired) electrons. The number of hydrogen-bond donors (Lipinski definition) is 2. The van der Waals surface area contributed by atoms with Crippen LogP contribution in [0.3, 0.4) is 0 Å². The van der Waals surface area contributed by atoms with Crippen LogP contribution in [0.15, 0.2) is 58.0 Å². The predicted molar refractivity (Wildman–Crippen MR) is 97.9 cm³/mol. The van der Waals surface area contributed by atoms with Gasteiger partial charge in [0.05, 0.1) is 12.0 Å². The van der Waals surface area contributed by atoms with Crippen molar-refractivity contribution in [2.24, 2.45) is 0 Å². The molecule has 0 bridgehead atoms. The summed E-state index contributed by atoms with van der Waals surface area (Å²) in [5, 5.41) is 1.04. The van der Waals surface area contributed by atoms with Gasteiger partial charge in [0.1, 0.15) is 5.75 Å². The lowest BCUT2D eigenvalue weighted by atomic mass is 10.1. The number of benzene rings is 2. The number of methoxy groups -OCH3 is 1. The molecule has 3 aromatic rings. The van der Waals surface area contributed by atoms with E-state index in [-0.39, 0.29) is 4.90 Å². The molecule has 0 saturated heterocycles. The monoisotopic (exact) mass is 408 g/mol. The predicted octanol–water partition coefficient (Wildman–Crippen LogP) is 3.46. The minimum absolute atomic E-state index is 0.256. The molecule has 3 rings (SSSR count). The zero-order chi connectivity index (χ0) is 17.2. The first-order valence-electron chi connectivity index (χ1n) is 7.39. The number of hydrogen-bond acceptors (Lipinski definition) is 3. The first-order valence-corrected chi connectivity index (χ1v) is 9.66. The second kappa shape index (κ2) is 6.96. The van der Waals surface area contributed by atoms with E-state index < -0.39 is 10.0 Å². The van der Waals surface area contributed by atoms with Gasteiger partial charge in [0, 0.05) is 28.1 Å². The van der Waals surface area contributed by atoms with Crippen molar-refractivity contribution in [1.29, 1.82) is 0 Å². The third kappa shape index (κ3) is 3.63. The standard InChI is InChI=1S/C17H17BrN2O3S/c1-23-14-4-7-17-16(10-14)12(11-19-17)8-9-20-24(21,22)15-5-2-13(18)3-6-15/h2-7,10-11,19-20H,8-9H2,1H3. The normalized spacial score (nSPS) is 11.8. The van der Waals surface area contributed by atoms with E-state index in [1.54, 1.807) is 31.4 Å². The van der Waals surface area contributed by atoms with E-state index in [0.29, 0.717) is 13.0 Å². The summed E-state index contributed by atoms with van der Waals surface area (Å²) in [6.45, 7) is 0.322. The van der Waals surface area contributed by atoms with Crippen LogP contribution in [0.2, 0.25) is 0 Å². The van der Waals surface area contributed by atoms with Gasteiger partial charge in [-0.2, -0.15) is 0 Å². The fourth-order valence-electron chi connectivity index (χ4n) is 2.51. The van der Waals surface area contributed by atoms with Crippen molar-refractivity contribution in [1.82, 2.24) is 9.71 Å². The Labute approximate surface area is 149 Å². The third-order valence-electron chi connectivity index (χ3n) is 3.78. The van der Waals surface area contributed by atoms with Crippen molar-refractivity contribution in [2.75, 3.05) is 13.7 Å². The third-order valence-corrected chi connectivity index (χ3v) is 5.79. The number of aromatic nitrogens is 1. The molecule has 0 saturated carbocycles. The van der Waals surface area contributed by atoms with E-state index in [4.69, 9.17) is 4.74 Å². The van der Waals surface area contributed by atoms with Gasteiger partial charge in [-0.3, -0.25) is 0 Å². The molecule has 2 aromatic carbocycles. The molecule has 0 aliphatic rings. The molecule has 0 fully saturated rings. The van der Waals surface area contributed by atoms with Crippen molar-refractivity contribution in [3.05, 3.63) is 58.7 Å². The highest BCUT2D eigenvalue weighted by Gasteiger charge is 2.13. The summed E-state index contributed by atoms with van der Waals surface area (Å²) in [6, 6.07) is 12.3. The number of ether oxygens (including phenoxy) is 1. The molecule has 0 atom stereocenters. The van der Waals surface area contributed by atoms with Crippen molar-refractivity contribution in [2.45, 2.75) is 11.3 Å². The zero-order valence-electron chi connectivity index (χ0n) is 13.0. The van der Waals surface area contributed by atoms with E-state index in [2.05, 4.69) is 25.6 Å². The van der Waals surface area contributed by atoms with Crippen molar-refractivity contribution >= 4 is 36.9 Å². The number of fused-ring (bicyclic) bond motifs is 1. The minimum atomic E-state index is -3.50. The molecule has 0 spiro atoms. The summed E-state index contributed by atoms with van der Waals surface area (Å²) in [6.07, 6.45) is 2.49. The fraction of sp³-hybridized carbons (Fsp3) is 0.176. The summed E-state index contributed by atoms with van der Waals surface area (Å²) in [4.78, 5) is 3.44. The van der Waals surface area contributed by atoms with Gasteiger partial charge < -0.3 is 9.72 Å². The smallest absolute Gasteiger partial charge is 0.240 e. The Morgan fingerprint density at radius 1 is 1.17 bits per heavy atom. The largest absolute Gasteiger partial charge is 0.497 e. The molecule has 126 valence electrons. The average molecular weight is 409 g/mol.